The van der Waals surface area contributed by atoms with Gasteiger partial charge in [-0.3, -0.25) is 14.3 Å². The first-order valence-electron chi connectivity index (χ1n) is 6.86. The van der Waals surface area contributed by atoms with Crippen molar-refractivity contribution in [2.45, 2.75) is 38.2 Å². The summed E-state index contributed by atoms with van der Waals surface area (Å²) in [4.78, 5) is 14.1. The fourth-order valence-electron chi connectivity index (χ4n) is 2.50. The van der Waals surface area contributed by atoms with Crippen molar-refractivity contribution < 1.29 is 9.00 Å². The number of nitrogens with zero attached hydrogens (tertiary/aromatic N) is 1. The van der Waals surface area contributed by atoms with Crippen molar-refractivity contribution in [2.75, 3.05) is 12.8 Å². The third-order valence-electron chi connectivity index (χ3n) is 3.88. The van der Waals surface area contributed by atoms with Gasteiger partial charge in [0.1, 0.15) is 6.17 Å². The Morgan fingerprint density at radius 1 is 1.40 bits per heavy atom. The summed E-state index contributed by atoms with van der Waals surface area (Å²) in [5.74, 6) is 0.0792. The zero-order valence-corrected chi connectivity index (χ0v) is 13.2. The summed E-state index contributed by atoms with van der Waals surface area (Å²) in [6.45, 7) is 6.35. The van der Waals surface area contributed by atoms with Crippen molar-refractivity contribution in [3.63, 3.8) is 0 Å². The molecule has 0 saturated carbocycles. The zero-order valence-electron chi connectivity index (χ0n) is 12.4. The lowest BCUT2D eigenvalue weighted by Gasteiger charge is -2.27. The average molecular weight is 294 g/mol. The maximum absolute atomic E-state index is 12.3. The van der Waals surface area contributed by atoms with Gasteiger partial charge in [-0.05, 0) is 31.9 Å². The van der Waals surface area contributed by atoms with E-state index in [2.05, 4.69) is 5.32 Å². The molecule has 20 heavy (non-hydrogen) atoms. The minimum atomic E-state index is -0.931. The molecule has 1 N–H and O–H groups in total. The maximum atomic E-state index is 12.3. The van der Waals surface area contributed by atoms with Gasteiger partial charge in [0.05, 0.1) is 6.04 Å². The van der Waals surface area contributed by atoms with Gasteiger partial charge in [0.25, 0.3) is 0 Å². The summed E-state index contributed by atoms with van der Waals surface area (Å²) in [5.41, 5.74) is 2.27. The molecular weight excluding hydrogens is 272 g/mol. The predicted molar refractivity (Wildman–Crippen MR) is 81.8 cm³/mol. The molecule has 2 rings (SSSR count). The topological polar surface area (TPSA) is 49.4 Å². The van der Waals surface area contributed by atoms with Gasteiger partial charge in [-0.2, -0.15) is 0 Å². The highest BCUT2D eigenvalue weighted by atomic mass is 32.2. The minimum absolute atomic E-state index is 0.0300. The number of rotatable bonds is 4. The first-order valence-corrected chi connectivity index (χ1v) is 8.48. The van der Waals surface area contributed by atoms with Gasteiger partial charge in [0, 0.05) is 28.9 Å². The molecule has 1 aliphatic heterocycles. The molecule has 4 nitrogen and oxygen atoms in total. The van der Waals surface area contributed by atoms with E-state index in [-0.39, 0.29) is 23.4 Å². The molecule has 110 valence electrons. The lowest BCUT2D eigenvalue weighted by molar-refractivity contribution is -0.129. The fourth-order valence-corrected chi connectivity index (χ4v) is 2.87. The van der Waals surface area contributed by atoms with Gasteiger partial charge in [0.15, 0.2) is 0 Å². The fraction of sp³-hybridized carbons (Fsp3) is 0.533. The summed E-state index contributed by atoms with van der Waals surface area (Å²) in [5, 5.41) is 3.30. The van der Waals surface area contributed by atoms with Crippen molar-refractivity contribution in [2.24, 2.45) is 0 Å². The Bertz CT molecular complexity index is 532. The number of hydrogen-bond acceptors (Lipinski definition) is 3. The maximum Gasteiger partial charge on any atom is 0.241 e. The Morgan fingerprint density at radius 2 is 2.05 bits per heavy atom. The van der Waals surface area contributed by atoms with Crippen LogP contribution in [0.2, 0.25) is 0 Å². The second-order valence-electron chi connectivity index (χ2n) is 5.45. The van der Waals surface area contributed by atoms with Gasteiger partial charge >= 0.3 is 0 Å². The molecule has 4 unspecified atom stereocenters. The van der Waals surface area contributed by atoms with Crippen molar-refractivity contribution in [1.29, 1.82) is 0 Å². The van der Waals surface area contributed by atoms with Crippen LogP contribution in [0.3, 0.4) is 0 Å². The third kappa shape index (κ3) is 2.94. The zero-order chi connectivity index (χ0) is 14.9. The molecule has 1 fully saturated rings. The van der Waals surface area contributed by atoms with E-state index in [1.165, 1.54) is 0 Å². The number of carbonyl (C=O) groups is 1. The van der Waals surface area contributed by atoms with E-state index in [0.717, 1.165) is 11.1 Å². The molecule has 1 aliphatic rings. The molecule has 0 radical (unpaired) electrons. The van der Waals surface area contributed by atoms with Gasteiger partial charge < -0.3 is 4.90 Å². The van der Waals surface area contributed by atoms with Crippen LogP contribution in [0.4, 0.5) is 0 Å². The minimum Gasteiger partial charge on any atom is -0.320 e. The molecule has 1 aromatic rings. The molecule has 0 aromatic heterocycles. The van der Waals surface area contributed by atoms with Crippen LogP contribution in [0.25, 0.3) is 0 Å². The van der Waals surface area contributed by atoms with E-state index in [1.54, 1.807) is 6.26 Å². The Labute approximate surface area is 123 Å². The molecule has 0 spiro atoms. The third-order valence-corrected chi connectivity index (χ3v) is 5.16. The molecular formula is C15H22N2O2S. The first kappa shape index (κ1) is 15.2. The summed E-state index contributed by atoms with van der Waals surface area (Å²) in [6.07, 6.45) is 1.56. The summed E-state index contributed by atoms with van der Waals surface area (Å²) in [7, 11) is -0.931. The van der Waals surface area contributed by atoms with Crippen LogP contribution in [-0.4, -0.2) is 39.1 Å². The van der Waals surface area contributed by atoms with Crippen LogP contribution in [0.5, 0.6) is 0 Å². The monoisotopic (exact) mass is 294 g/mol. The van der Waals surface area contributed by atoms with Crippen LogP contribution >= 0.6 is 0 Å². The molecule has 1 heterocycles. The highest BCUT2D eigenvalue weighted by Gasteiger charge is 2.38. The second-order valence-corrected chi connectivity index (χ2v) is 7.25. The highest BCUT2D eigenvalue weighted by Crippen LogP contribution is 2.27. The number of aryl methyl sites for hydroxylation is 1. The normalized spacial score (nSPS) is 25.8. The quantitative estimate of drug-likeness (QED) is 0.917. The number of benzene rings is 1. The molecule has 0 aliphatic carbocycles. The van der Waals surface area contributed by atoms with E-state index in [4.69, 9.17) is 0 Å². The van der Waals surface area contributed by atoms with E-state index >= 15 is 0 Å². The van der Waals surface area contributed by atoms with Gasteiger partial charge in [-0.1, -0.05) is 24.3 Å². The van der Waals surface area contributed by atoms with Gasteiger partial charge in [-0.25, -0.2) is 0 Å². The standard InChI is InChI=1S/C15H22N2O2S/c1-10-7-5-6-8-13(10)14-16-12(3)15(18)17(14)9-11(2)20(4)19/h5-8,11-12,14,16H,9H2,1-4H3. The number of carbonyl (C=O) groups excluding carboxylic acids is 1. The van der Waals surface area contributed by atoms with Crippen molar-refractivity contribution in [3.8, 4) is 0 Å². The smallest absolute Gasteiger partial charge is 0.241 e. The lowest BCUT2D eigenvalue weighted by atomic mass is 10.1. The summed E-state index contributed by atoms with van der Waals surface area (Å²) >= 11 is 0. The van der Waals surface area contributed by atoms with Crippen LogP contribution in [0, 0.1) is 6.92 Å². The molecule has 4 atom stereocenters. The van der Waals surface area contributed by atoms with E-state index in [1.807, 2.05) is 49.9 Å². The number of amides is 1. The number of hydrogen-bond donors (Lipinski definition) is 1. The Balaban J connectivity index is 2.29. The van der Waals surface area contributed by atoms with Crippen molar-refractivity contribution >= 4 is 16.7 Å². The SMILES string of the molecule is Cc1ccccc1C1NC(C)C(=O)N1CC(C)S(C)=O. The van der Waals surface area contributed by atoms with E-state index in [9.17, 15) is 9.00 Å². The predicted octanol–water partition coefficient (Wildman–Crippen LogP) is 1.58. The largest absolute Gasteiger partial charge is 0.320 e. The van der Waals surface area contributed by atoms with E-state index < -0.39 is 10.8 Å². The van der Waals surface area contributed by atoms with E-state index in [0.29, 0.717) is 6.54 Å². The number of nitrogens with one attached hydrogen (secondary N) is 1. The first-order chi connectivity index (χ1) is 9.41. The Kier molecular flexibility index (Phi) is 4.60. The Morgan fingerprint density at radius 3 is 2.65 bits per heavy atom. The van der Waals surface area contributed by atoms with Crippen LogP contribution in [0.15, 0.2) is 24.3 Å². The van der Waals surface area contributed by atoms with Crippen LogP contribution in [0.1, 0.15) is 31.1 Å². The Hall–Kier alpha value is -1.20. The molecule has 1 saturated heterocycles. The van der Waals surface area contributed by atoms with Crippen molar-refractivity contribution in [1.82, 2.24) is 10.2 Å². The lowest BCUT2D eigenvalue weighted by Crippen LogP contribution is -2.37. The summed E-state index contributed by atoms with van der Waals surface area (Å²) in [6, 6.07) is 7.87. The van der Waals surface area contributed by atoms with Crippen molar-refractivity contribution in [3.05, 3.63) is 35.4 Å². The van der Waals surface area contributed by atoms with Gasteiger partial charge in [0.2, 0.25) is 5.91 Å². The molecule has 0 bridgehead atoms. The molecule has 1 aromatic carbocycles. The second kappa shape index (κ2) is 6.06. The highest BCUT2D eigenvalue weighted by molar-refractivity contribution is 7.84. The van der Waals surface area contributed by atoms with Gasteiger partial charge in [-0.15, -0.1) is 0 Å². The molecule has 1 amide bonds. The van der Waals surface area contributed by atoms with Crippen LogP contribution < -0.4 is 5.32 Å². The summed E-state index contributed by atoms with van der Waals surface area (Å²) < 4.78 is 11.6. The average Bonchev–Trinajstić information content (AvgIpc) is 2.67. The van der Waals surface area contributed by atoms with Crippen LogP contribution in [-0.2, 0) is 15.6 Å². The molecule has 5 heteroatoms.